The molecule has 24 heavy (non-hydrogen) atoms. The van der Waals surface area contributed by atoms with E-state index in [1.807, 2.05) is 36.4 Å². The van der Waals surface area contributed by atoms with Gasteiger partial charge in [0, 0.05) is 0 Å². The number of terminal acetylenes is 1. The van der Waals surface area contributed by atoms with E-state index >= 15 is 0 Å². The highest BCUT2D eigenvalue weighted by Crippen LogP contribution is 2.35. The average molecular weight is 318 g/mol. The lowest BCUT2D eigenvalue weighted by atomic mass is 9.97. The zero-order chi connectivity index (χ0) is 17.5. The van der Waals surface area contributed by atoms with Crippen molar-refractivity contribution in [2.45, 2.75) is 0 Å². The van der Waals surface area contributed by atoms with Gasteiger partial charge in [0.1, 0.15) is 11.5 Å². The van der Waals surface area contributed by atoms with E-state index in [0.717, 1.165) is 5.56 Å². The predicted octanol–water partition coefficient (Wildman–Crippen LogP) is 3.60. The van der Waals surface area contributed by atoms with E-state index < -0.39 is 0 Å². The Bertz CT molecular complexity index is 842. The molecule has 3 rings (SSSR count). The number of aromatic hydroxyl groups is 2. The third-order valence-electron chi connectivity index (χ3n) is 3.37. The number of benzene rings is 3. The molecule has 0 aromatic heterocycles. The minimum absolute atomic E-state index is 0.00718. The number of nitrogens with two attached hydrogens (primary N) is 2. The molecular formula is C20H18N2O2. The second-order valence-electron chi connectivity index (χ2n) is 4.99. The molecule has 3 aromatic rings. The van der Waals surface area contributed by atoms with Gasteiger partial charge in [-0.05, 0) is 35.4 Å². The molecule has 0 aliphatic rings. The summed E-state index contributed by atoms with van der Waals surface area (Å²) in [5.74, 6) is 2.40. The quantitative estimate of drug-likeness (QED) is 0.313. The average Bonchev–Trinajstić information content (AvgIpc) is 2.62. The van der Waals surface area contributed by atoms with Crippen LogP contribution in [0.25, 0.3) is 11.1 Å². The molecule has 4 nitrogen and oxygen atoms in total. The lowest BCUT2D eigenvalue weighted by molar-refractivity contribution is 0.477. The lowest BCUT2D eigenvalue weighted by Gasteiger charge is -2.10. The molecule has 0 saturated heterocycles. The van der Waals surface area contributed by atoms with Crippen molar-refractivity contribution in [3.63, 3.8) is 0 Å². The first-order chi connectivity index (χ1) is 11.5. The molecule has 0 aliphatic heterocycles. The van der Waals surface area contributed by atoms with Crippen molar-refractivity contribution >= 4 is 11.4 Å². The molecule has 0 unspecified atom stereocenters. The van der Waals surface area contributed by atoms with Gasteiger partial charge < -0.3 is 21.7 Å². The van der Waals surface area contributed by atoms with Crippen molar-refractivity contribution in [2.24, 2.45) is 0 Å². The topological polar surface area (TPSA) is 92.5 Å². The number of phenols is 2. The summed E-state index contributed by atoms with van der Waals surface area (Å²) in [6, 6.07) is 19.9. The van der Waals surface area contributed by atoms with Gasteiger partial charge >= 0.3 is 0 Å². The van der Waals surface area contributed by atoms with E-state index in [0.29, 0.717) is 11.1 Å². The van der Waals surface area contributed by atoms with Crippen LogP contribution in [0.3, 0.4) is 0 Å². The molecule has 0 amide bonds. The van der Waals surface area contributed by atoms with Gasteiger partial charge in [0.25, 0.3) is 0 Å². The summed E-state index contributed by atoms with van der Waals surface area (Å²) in [5.41, 5.74) is 13.6. The zero-order valence-corrected chi connectivity index (χ0v) is 13.0. The van der Waals surface area contributed by atoms with Crippen LogP contribution in [0.4, 0.5) is 11.4 Å². The number of rotatable bonds is 1. The summed E-state index contributed by atoms with van der Waals surface area (Å²) < 4.78 is 0. The molecular weight excluding hydrogens is 300 g/mol. The highest BCUT2D eigenvalue weighted by Gasteiger charge is 2.11. The number of nitrogen functional groups attached to an aromatic ring is 2. The van der Waals surface area contributed by atoms with E-state index in [4.69, 9.17) is 17.9 Å². The van der Waals surface area contributed by atoms with Gasteiger partial charge in [-0.1, -0.05) is 48.4 Å². The highest BCUT2D eigenvalue weighted by molar-refractivity contribution is 5.82. The zero-order valence-electron chi connectivity index (χ0n) is 13.0. The molecule has 0 saturated carbocycles. The summed E-state index contributed by atoms with van der Waals surface area (Å²) >= 11 is 0. The van der Waals surface area contributed by atoms with Gasteiger partial charge in [0.15, 0.2) is 0 Å². The Morgan fingerprint density at radius 3 is 1.83 bits per heavy atom. The third kappa shape index (κ3) is 3.79. The molecule has 0 bridgehead atoms. The van der Waals surface area contributed by atoms with Crippen molar-refractivity contribution in [1.29, 1.82) is 0 Å². The maximum atomic E-state index is 9.52. The second kappa shape index (κ2) is 7.61. The van der Waals surface area contributed by atoms with Crippen LogP contribution in [-0.4, -0.2) is 10.2 Å². The molecule has 0 heterocycles. The summed E-state index contributed by atoms with van der Waals surface area (Å²) in [6.07, 6.45) is 5.40. The molecule has 0 atom stereocenters. The Balaban J connectivity index is 0.000000292. The standard InChI is InChI=1S/C14H12N2O2.C6H6/c1-2-9-10(4-6-13(18)14(9)16)8-3-5-12(17)11(15)7-8;1-2-4-6-5-3-1/h1,3-7,17-18H,15-16H2;1-6H. The van der Waals surface area contributed by atoms with E-state index in [1.54, 1.807) is 18.2 Å². The fraction of sp³-hybridized carbons (Fsp3) is 0. The Morgan fingerprint density at radius 2 is 1.33 bits per heavy atom. The van der Waals surface area contributed by atoms with Crippen molar-refractivity contribution < 1.29 is 10.2 Å². The first kappa shape index (κ1) is 16.8. The van der Waals surface area contributed by atoms with Crippen LogP contribution in [-0.2, 0) is 0 Å². The first-order valence-electron chi connectivity index (χ1n) is 7.21. The Labute approximate surface area is 141 Å². The minimum atomic E-state index is -0.0570. The maximum absolute atomic E-state index is 9.52. The van der Waals surface area contributed by atoms with Gasteiger partial charge in [-0.3, -0.25) is 0 Å². The number of hydrogen-bond acceptors (Lipinski definition) is 4. The van der Waals surface area contributed by atoms with Gasteiger partial charge in [0.05, 0.1) is 16.9 Å². The summed E-state index contributed by atoms with van der Waals surface area (Å²) in [5, 5.41) is 18.9. The number of anilines is 2. The fourth-order valence-corrected chi connectivity index (χ4v) is 2.11. The Kier molecular flexibility index (Phi) is 5.32. The van der Waals surface area contributed by atoms with Crippen molar-refractivity contribution in [2.75, 3.05) is 11.5 Å². The monoisotopic (exact) mass is 318 g/mol. The normalized spacial score (nSPS) is 9.46. The van der Waals surface area contributed by atoms with Crippen LogP contribution < -0.4 is 11.5 Å². The van der Waals surface area contributed by atoms with Crippen molar-refractivity contribution in [1.82, 2.24) is 0 Å². The largest absolute Gasteiger partial charge is 0.506 e. The fourth-order valence-electron chi connectivity index (χ4n) is 2.11. The molecule has 4 heteroatoms. The van der Waals surface area contributed by atoms with Crippen LogP contribution in [0.2, 0.25) is 0 Å². The number of phenolic OH excluding ortho intramolecular Hbond substituents is 2. The molecule has 6 N–H and O–H groups in total. The summed E-state index contributed by atoms with van der Waals surface area (Å²) in [7, 11) is 0. The number of hydrogen-bond donors (Lipinski definition) is 4. The lowest BCUT2D eigenvalue weighted by Crippen LogP contribution is -1.95. The van der Waals surface area contributed by atoms with Gasteiger partial charge in [-0.15, -0.1) is 6.42 Å². The second-order valence-corrected chi connectivity index (χ2v) is 4.99. The van der Waals surface area contributed by atoms with Crippen LogP contribution in [0.5, 0.6) is 11.5 Å². The molecule has 120 valence electrons. The predicted molar refractivity (Wildman–Crippen MR) is 98.4 cm³/mol. The molecule has 3 aromatic carbocycles. The van der Waals surface area contributed by atoms with E-state index in [1.165, 1.54) is 12.1 Å². The van der Waals surface area contributed by atoms with E-state index in [2.05, 4.69) is 5.92 Å². The van der Waals surface area contributed by atoms with Crippen molar-refractivity contribution in [3.05, 3.63) is 72.3 Å². The highest BCUT2D eigenvalue weighted by atomic mass is 16.3. The van der Waals surface area contributed by atoms with Crippen LogP contribution in [0, 0.1) is 12.3 Å². The maximum Gasteiger partial charge on any atom is 0.139 e. The summed E-state index contributed by atoms with van der Waals surface area (Å²) in [4.78, 5) is 0. The third-order valence-corrected chi connectivity index (χ3v) is 3.37. The molecule has 0 fully saturated rings. The summed E-state index contributed by atoms with van der Waals surface area (Å²) in [6.45, 7) is 0. The van der Waals surface area contributed by atoms with Crippen molar-refractivity contribution in [3.8, 4) is 35.0 Å². The van der Waals surface area contributed by atoms with Crippen LogP contribution in [0.1, 0.15) is 5.56 Å². The van der Waals surface area contributed by atoms with Gasteiger partial charge in [-0.2, -0.15) is 0 Å². The minimum Gasteiger partial charge on any atom is -0.506 e. The molecule has 0 spiro atoms. The van der Waals surface area contributed by atoms with Crippen LogP contribution >= 0.6 is 0 Å². The molecule has 0 radical (unpaired) electrons. The SMILES string of the molecule is C#Cc1c(-c2ccc(O)c(N)c2)ccc(O)c1N.c1ccccc1. The van der Waals surface area contributed by atoms with Gasteiger partial charge in [0.2, 0.25) is 0 Å². The Hall–Kier alpha value is -3.58. The van der Waals surface area contributed by atoms with E-state index in [-0.39, 0.29) is 22.9 Å². The van der Waals surface area contributed by atoms with E-state index in [9.17, 15) is 10.2 Å². The van der Waals surface area contributed by atoms with Gasteiger partial charge in [-0.25, -0.2) is 0 Å². The smallest absolute Gasteiger partial charge is 0.139 e. The Morgan fingerprint density at radius 1 is 0.792 bits per heavy atom. The molecule has 0 aliphatic carbocycles. The first-order valence-corrected chi connectivity index (χ1v) is 7.21. The van der Waals surface area contributed by atoms with Crippen LogP contribution in [0.15, 0.2) is 66.7 Å².